The lowest BCUT2D eigenvalue weighted by atomic mass is 9.94. The molecule has 53 heavy (non-hydrogen) atoms. The molecule has 0 saturated carbocycles. The van der Waals surface area contributed by atoms with Gasteiger partial charge in [-0.15, -0.1) is 11.3 Å². The summed E-state index contributed by atoms with van der Waals surface area (Å²) in [5, 5.41) is 10.1. The van der Waals surface area contributed by atoms with Gasteiger partial charge in [0.15, 0.2) is 0 Å². The molecule has 0 atom stereocenters. The summed E-state index contributed by atoms with van der Waals surface area (Å²) in [4.78, 5) is 2.46. The third kappa shape index (κ3) is 4.71. The Kier molecular flexibility index (Phi) is 6.76. The van der Waals surface area contributed by atoms with Crippen molar-refractivity contribution in [3.05, 3.63) is 194 Å². The minimum atomic E-state index is 1.10. The van der Waals surface area contributed by atoms with E-state index in [9.17, 15) is 0 Å². The van der Waals surface area contributed by atoms with Crippen LogP contribution in [-0.4, -0.2) is 4.57 Å². The van der Waals surface area contributed by atoms with Crippen molar-refractivity contribution in [2.75, 3.05) is 4.90 Å². The molecule has 0 spiro atoms. The largest absolute Gasteiger partial charge is 0.310 e. The van der Waals surface area contributed by atoms with E-state index in [0.29, 0.717) is 0 Å². The Labute approximate surface area is 311 Å². The van der Waals surface area contributed by atoms with Crippen LogP contribution in [-0.2, 0) is 0 Å². The summed E-state index contributed by atoms with van der Waals surface area (Å²) in [7, 11) is 0. The van der Waals surface area contributed by atoms with Crippen molar-refractivity contribution >= 4 is 91.9 Å². The molecule has 0 amide bonds. The van der Waals surface area contributed by atoms with Gasteiger partial charge in [0.2, 0.25) is 0 Å². The highest BCUT2D eigenvalue weighted by atomic mass is 32.1. The van der Waals surface area contributed by atoms with Crippen LogP contribution in [0.3, 0.4) is 0 Å². The molecule has 3 heteroatoms. The molecular formula is C50H32N2S. The number of anilines is 3. The molecule has 0 aliphatic rings. The Bertz CT molecular complexity index is 3150. The summed E-state index contributed by atoms with van der Waals surface area (Å²) in [5.74, 6) is 0. The Morgan fingerprint density at radius 3 is 1.85 bits per heavy atom. The van der Waals surface area contributed by atoms with Crippen molar-refractivity contribution in [1.29, 1.82) is 0 Å². The first-order valence-corrected chi connectivity index (χ1v) is 18.9. The number of aromatic nitrogens is 1. The molecule has 11 aromatic rings. The maximum atomic E-state index is 2.46. The fourth-order valence-corrected chi connectivity index (χ4v) is 9.57. The van der Waals surface area contributed by atoms with E-state index in [2.05, 4.69) is 204 Å². The molecular weight excluding hydrogens is 661 g/mol. The second kappa shape index (κ2) is 11.9. The summed E-state index contributed by atoms with van der Waals surface area (Å²) in [6, 6.07) is 71.0. The molecule has 2 nitrogen and oxygen atoms in total. The van der Waals surface area contributed by atoms with E-state index in [4.69, 9.17) is 0 Å². The summed E-state index contributed by atoms with van der Waals surface area (Å²) in [6.07, 6.45) is 0. The quantitative estimate of drug-likeness (QED) is 0.163. The smallest absolute Gasteiger partial charge is 0.0554 e. The average molecular weight is 693 g/mol. The van der Waals surface area contributed by atoms with Crippen molar-refractivity contribution in [3.8, 4) is 16.8 Å². The molecule has 0 aliphatic heterocycles. The van der Waals surface area contributed by atoms with Gasteiger partial charge in [-0.05, 0) is 93.3 Å². The van der Waals surface area contributed by atoms with Gasteiger partial charge in [-0.2, -0.15) is 0 Å². The van der Waals surface area contributed by atoms with Crippen LogP contribution < -0.4 is 4.90 Å². The number of hydrogen-bond acceptors (Lipinski definition) is 2. The predicted molar refractivity (Wildman–Crippen MR) is 229 cm³/mol. The van der Waals surface area contributed by atoms with Crippen molar-refractivity contribution in [3.63, 3.8) is 0 Å². The second-order valence-electron chi connectivity index (χ2n) is 13.7. The normalized spacial score (nSPS) is 11.8. The highest BCUT2D eigenvalue weighted by molar-refractivity contribution is 7.26. The number of rotatable bonds is 5. The van der Waals surface area contributed by atoms with Gasteiger partial charge in [0.05, 0.1) is 16.7 Å². The van der Waals surface area contributed by atoms with E-state index in [1.807, 2.05) is 11.3 Å². The number of thiophene rings is 1. The average Bonchev–Trinajstić information content (AvgIpc) is 3.77. The van der Waals surface area contributed by atoms with Gasteiger partial charge in [0.25, 0.3) is 0 Å². The predicted octanol–water partition coefficient (Wildman–Crippen LogP) is 14.6. The first-order chi connectivity index (χ1) is 26.3. The van der Waals surface area contributed by atoms with Gasteiger partial charge in [0.1, 0.15) is 0 Å². The van der Waals surface area contributed by atoms with Crippen LogP contribution in [0.4, 0.5) is 17.1 Å². The Balaban J connectivity index is 1.16. The van der Waals surface area contributed by atoms with E-state index in [1.165, 1.54) is 80.3 Å². The summed E-state index contributed by atoms with van der Waals surface area (Å²) < 4.78 is 4.99. The van der Waals surface area contributed by atoms with Crippen molar-refractivity contribution in [2.45, 2.75) is 0 Å². The van der Waals surface area contributed by atoms with E-state index in [0.717, 1.165) is 17.1 Å². The van der Waals surface area contributed by atoms with Gasteiger partial charge < -0.3 is 9.47 Å². The van der Waals surface area contributed by atoms with Crippen LogP contribution in [0.1, 0.15) is 0 Å². The zero-order valence-corrected chi connectivity index (χ0v) is 29.6. The van der Waals surface area contributed by atoms with Crippen LogP contribution in [0.2, 0.25) is 0 Å². The third-order valence-corrected chi connectivity index (χ3v) is 11.9. The molecule has 0 saturated heterocycles. The molecule has 0 unspecified atom stereocenters. The molecule has 0 bridgehead atoms. The minimum absolute atomic E-state index is 1.10. The van der Waals surface area contributed by atoms with Crippen LogP contribution >= 0.6 is 11.3 Å². The summed E-state index contributed by atoms with van der Waals surface area (Å²) in [5.41, 5.74) is 9.34. The molecule has 0 radical (unpaired) electrons. The van der Waals surface area contributed by atoms with Gasteiger partial charge in [-0.3, -0.25) is 0 Å². The highest BCUT2D eigenvalue weighted by Gasteiger charge is 2.21. The molecule has 2 aromatic heterocycles. The van der Waals surface area contributed by atoms with Crippen LogP contribution in [0.25, 0.3) is 80.3 Å². The molecule has 9 aromatic carbocycles. The van der Waals surface area contributed by atoms with Crippen molar-refractivity contribution < 1.29 is 0 Å². The van der Waals surface area contributed by atoms with E-state index >= 15 is 0 Å². The number of para-hydroxylation sites is 2. The maximum absolute atomic E-state index is 2.46. The van der Waals surface area contributed by atoms with Gasteiger partial charge in [0, 0.05) is 48.0 Å². The maximum Gasteiger partial charge on any atom is 0.0554 e. The molecule has 0 N–H and O–H groups in total. The van der Waals surface area contributed by atoms with Gasteiger partial charge >= 0.3 is 0 Å². The Morgan fingerprint density at radius 1 is 0.396 bits per heavy atom. The lowest BCUT2D eigenvalue weighted by molar-refractivity contribution is 1.17. The SMILES string of the molecule is c1cc(-c2cccc3c2ccc2ccccc23)cc(N(c2cccc(-n3c4ccccc4c4ccccc43)c2)c2cccc3sc4ccccc4c23)c1. The van der Waals surface area contributed by atoms with Crippen molar-refractivity contribution in [2.24, 2.45) is 0 Å². The van der Waals surface area contributed by atoms with Crippen LogP contribution in [0.15, 0.2) is 194 Å². The highest BCUT2D eigenvalue weighted by Crippen LogP contribution is 2.46. The van der Waals surface area contributed by atoms with Gasteiger partial charge in [-0.25, -0.2) is 0 Å². The molecule has 0 fully saturated rings. The van der Waals surface area contributed by atoms with E-state index < -0.39 is 0 Å². The fourth-order valence-electron chi connectivity index (χ4n) is 8.45. The molecule has 2 heterocycles. The van der Waals surface area contributed by atoms with E-state index in [-0.39, 0.29) is 0 Å². The molecule has 0 aliphatic carbocycles. The minimum Gasteiger partial charge on any atom is -0.310 e. The lowest BCUT2D eigenvalue weighted by Gasteiger charge is -2.27. The number of benzene rings is 9. The zero-order valence-electron chi connectivity index (χ0n) is 28.8. The number of nitrogens with zero attached hydrogens (tertiary/aromatic N) is 2. The van der Waals surface area contributed by atoms with Crippen molar-refractivity contribution in [1.82, 2.24) is 4.57 Å². The summed E-state index contributed by atoms with van der Waals surface area (Å²) >= 11 is 1.86. The summed E-state index contributed by atoms with van der Waals surface area (Å²) in [6.45, 7) is 0. The monoisotopic (exact) mass is 692 g/mol. The second-order valence-corrected chi connectivity index (χ2v) is 14.8. The first-order valence-electron chi connectivity index (χ1n) is 18.1. The first kappa shape index (κ1) is 30.0. The Morgan fingerprint density at radius 2 is 1.02 bits per heavy atom. The number of hydrogen-bond donors (Lipinski definition) is 0. The lowest BCUT2D eigenvalue weighted by Crippen LogP contribution is -2.11. The zero-order chi connectivity index (χ0) is 34.9. The van der Waals surface area contributed by atoms with Gasteiger partial charge in [-0.1, -0.05) is 133 Å². The standard InChI is InChI=1S/C50H32N2S/c1-2-18-38-33(13-1)29-30-41-39(22-11-23-40(38)41)34-14-9-15-35(31-34)51(47-26-12-28-49-50(47)44-21-5-8-27-48(44)53-49)36-16-10-17-37(32-36)52-45-24-6-3-19-42(45)43-20-4-7-25-46(43)52/h1-32H. The molecule has 11 rings (SSSR count). The van der Waals surface area contributed by atoms with Crippen LogP contribution in [0, 0.1) is 0 Å². The third-order valence-electron chi connectivity index (χ3n) is 10.7. The fraction of sp³-hybridized carbons (Fsp3) is 0. The molecule has 248 valence electrons. The Hall–Kier alpha value is -6.68. The number of fused-ring (bicyclic) bond motifs is 9. The van der Waals surface area contributed by atoms with Crippen LogP contribution in [0.5, 0.6) is 0 Å². The van der Waals surface area contributed by atoms with E-state index in [1.54, 1.807) is 0 Å². The topological polar surface area (TPSA) is 8.17 Å².